The number of ether oxygens (including phenoxy) is 1. The van der Waals surface area contributed by atoms with E-state index in [2.05, 4.69) is 4.99 Å². The molecule has 1 aromatic rings. The third-order valence-electron chi connectivity index (χ3n) is 2.36. The highest BCUT2D eigenvalue weighted by Gasteiger charge is 2.03. The normalized spacial score (nSPS) is 9.71. The van der Waals surface area contributed by atoms with Gasteiger partial charge in [0.1, 0.15) is 5.75 Å². The van der Waals surface area contributed by atoms with Crippen LogP contribution in [0.5, 0.6) is 5.75 Å². The summed E-state index contributed by atoms with van der Waals surface area (Å²) in [5, 5.41) is 0. The molecule has 0 amide bonds. The van der Waals surface area contributed by atoms with E-state index in [4.69, 9.17) is 4.74 Å². The van der Waals surface area contributed by atoms with Crippen molar-refractivity contribution in [2.75, 3.05) is 35.3 Å². The van der Waals surface area contributed by atoms with Crippen molar-refractivity contribution < 1.29 is 4.74 Å². The molecule has 0 saturated carbocycles. The monoisotopic (exact) mass is 235 g/mol. The predicted octanol–water partition coefficient (Wildman–Crippen LogP) is 1.67. The molecular weight excluding hydrogens is 214 g/mol. The Balaban J connectivity index is 2.73. The van der Waals surface area contributed by atoms with E-state index in [1.807, 2.05) is 62.3 Å². The Kier molecular flexibility index (Phi) is 4.82. The lowest BCUT2D eigenvalue weighted by Gasteiger charge is -2.22. The van der Waals surface area contributed by atoms with Crippen LogP contribution in [0.25, 0.3) is 0 Å². The molecule has 4 heteroatoms. The Labute approximate surface area is 104 Å². The van der Waals surface area contributed by atoms with Gasteiger partial charge >= 0.3 is 0 Å². The predicted molar refractivity (Wildman–Crippen MR) is 71.5 cm³/mol. The van der Waals surface area contributed by atoms with Gasteiger partial charge in [0.05, 0.1) is 13.7 Å². The van der Waals surface area contributed by atoms with Gasteiger partial charge < -0.3 is 14.5 Å². The molecule has 0 aliphatic rings. The smallest absolute Gasteiger partial charge is 0.195 e. The first kappa shape index (κ1) is 13.4. The van der Waals surface area contributed by atoms with E-state index < -0.39 is 0 Å². The first-order chi connectivity index (χ1) is 8.04. The fourth-order valence-corrected chi connectivity index (χ4v) is 1.58. The third kappa shape index (κ3) is 3.98. The van der Waals surface area contributed by atoms with Gasteiger partial charge in [0.15, 0.2) is 5.96 Å². The summed E-state index contributed by atoms with van der Waals surface area (Å²) in [6, 6.07) is 7.97. The molecule has 0 atom stereocenters. The highest BCUT2D eigenvalue weighted by Crippen LogP contribution is 2.12. The van der Waals surface area contributed by atoms with Crippen LogP contribution in [-0.2, 0) is 6.54 Å². The largest absolute Gasteiger partial charge is 0.497 e. The molecule has 0 fully saturated rings. The van der Waals surface area contributed by atoms with Crippen LogP contribution in [0, 0.1) is 0 Å². The standard InChI is InChI=1S/C13H21N3O/c1-15(2)13(16(3)4)14-10-11-6-8-12(17-5)9-7-11/h6-9H,10H2,1-5H3. The molecule has 0 N–H and O–H groups in total. The summed E-state index contributed by atoms with van der Waals surface area (Å²) in [7, 11) is 9.64. The Morgan fingerprint density at radius 1 is 1.06 bits per heavy atom. The highest BCUT2D eigenvalue weighted by atomic mass is 16.5. The van der Waals surface area contributed by atoms with Gasteiger partial charge in [-0.2, -0.15) is 0 Å². The Hall–Kier alpha value is -1.71. The van der Waals surface area contributed by atoms with E-state index in [0.29, 0.717) is 6.54 Å². The van der Waals surface area contributed by atoms with Crippen molar-refractivity contribution in [1.82, 2.24) is 9.80 Å². The molecule has 0 aliphatic heterocycles. The van der Waals surface area contributed by atoms with Crippen molar-refractivity contribution in [3.05, 3.63) is 29.8 Å². The van der Waals surface area contributed by atoms with E-state index in [-0.39, 0.29) is 0 Å². The molecular formula is C13H21N3O. The summed E-state index contributed by atoms with van der Waals surface area (Å²) >= 11 is 0. The molecule has 1 aromatic carbocycles. The molecule has 0 bridgehead atoms. The number of hydrogen-bond donors (Lipinski definition) is 0. The lowest BCUT2D eigenvalue weighted by atomic mass is 10.2. The quantitative estimate of drug-likeness (QED) is 0.589. The van der Waals surface area contributed by atoms with E-state index in [1.54, 1.807) is 7.11 Å². The zero-order valence-electron chi connectivity index (χ0n) is 11.3. The summed E-state index contributed by atoms with van der Waals surface area (Å²) in [6.45, 7) is 0.676. The zero-order chi connectivity index (χ0) is 12.8. The average Bonchev–Trinajstić information content (AvgIpc) is 2.29. The van der Waals surface area contributed by atoms with E-state index in [9.17, 15) is 0 Å². The minimum absolute atomic E-state index is 0.676. The molecule has 0 aromatic heterocycles. The van der Waals surface area contributed by atoms with Crippen molar-refractivity contribution in [3.8, 4) is 5.75 Å². The summed E-state index contributed by atoms with van der Waals surface area (Å²) in [5.41, 5.74) is 1.17. The van der Waals surface area contributed by atoms with Crippen molar-refractivity contribution in [3.63, 3.8) is 0 Å². The minimum atomic E-state index is 0.676. The maximum atomic E-state index is 5.12. The van der Waals surface area contributed by atoms with E-state index >= 15 is 0 Å². The van der Waals surface area contributed by atoms with Crippen LogP contribution >= 0.6 is 0 Å². The van der Waals surface area contributed by atoms with Crippen molar-refractivity contribution in [2.24, 2.45) is 4.99 Å². The molecule has 0 spiro atoms. The van der Waals surface area contributed by atoms with Gasteiger partial charge in [-0.25, -0.2) is 4.99 Å². The van der Waals surface area contributed by atoms with E-state index in [1.165, 1.54) is 5.56 Å². The number of guanidine groups is 1. The Bertz CT molecular complexity index is 359. The molecule has 94 valence electrons. The van der Waals surface area contributed by atoms with Gasteiger partial charge in [-0.15, -0.1) is 0 Å². The number of aliphatic imine (C=N–C) groups is 1. The molecule has 17 heavy (non-hydrogen) atoms. The molecule has 0 aliphatic carbocycles. The fraction of sp³-hybridized carbons (Fsp3) is 0.462. The van der Waals surface area contributed by atoms with Crippen LogP contribution in [-0.4, -0.2) is 51.1 Å². The van der Waals surface area contributed by atoms with Gasteiger partial charge in [0.2, 0.25) is 0 Å². The number of methoxy groups -OCH3 is 1. The summed E-state index contributed by atoms with van der Waals surface area (Å²) in [6.07, 6.45) is 0. The topological polar surface area (TPSA) is 28.1 Å². The molecule has 4 nitrogen and oxygen atoms in total. The molecule has 0 heterocycles. The summed E-state index contributed by atoms with van der Waals surface area (Å²) in [5.74, 6) is 1.83. The molecule has 1 rings (SSSR count). The lowest BCUT2D eigenvalue weighted by molar-refractivity contribution is 0.414. The number of rotatable bonds is 3. The average molecular weight is 235 g/mol. The lowest BCUT2D eigenvalue weighted by Crippen LogP contribution is -2.35. The van der Waals surface area contributed by atoms with E-state index in [0.717, 1.165) is 11.7 Å². The Morgan fingerprint density at radius 3 is 2.00 bits per heavy atom. The Morgan fingerprint density at radius 2 is 1.59 bits per heavy atom. The highest BCUT2D eigenvalue weighted by molar-refractivity contribution is 5.79. The minimum Gasteiger partial charge on any atom is -0.497 e. The second-order valence-corrected chi connectivity index (χ2v) is 4.25. The van der Waals surface area contributed by atoms with Gasteiger partial charge in [-0.1, -0.05) is 12.1 Å². The van der Waals surface area contributed by atoms with Crippen LogP contribution < -0.4 is 4.74 Å². The zero-order valence-corrected chi connectivity index (χ0v) is 11.3. The van der Waals surface area contributed by atoms with Gasteiger partial charge in [0, 0.05) is 28.2 Å². The fourth-order valence-electron chi connectivity index (χ4n) is 1.58. The van der Waals surface area contributed by atoms with Crippen LogP contribution in [0.2, 0.25) is 0 Å². The first-order valence-corrected chi connectivity index (χ1v) is 5.56. The van der Waals surface area contributed by atoms with Gasteiger partial charge in [-0.05, 0) is 17.7 Å². The molecule has 0 radical (unpaired) electrons. The van der Waals surface area contributed by atoms with Crippen LogP contribution in [0.15, 0.2) is 29.3 Å². The summed E-state index contributed by atoms with van der Waals surface area (Å²) < 4.78 is 5.12. The van der Waals surface area contributed by atoms with Crippen LogP contribution in [0.4, 0.5) is 0 Å². The number of benzene rings is 1. The van der Waals surface area contributed by atoms with Gasteiger partial charge in [0.25, 0.3) is 0 Å². The van der Waals surface area contributed by atoms with Crippen LogP contribution in [0.3, 0.4) is 0 Å². The molecule has 0 saturated heterocycles. The third-order valence-corrected chi connectivity index (χ3v) is 2.36. The first-order valence-electron chi connectivity index (χ1n) is 5.56. The van der Waals surface area contributed by atoms with Gasteiger partial charge in [-0.3, -0.25) is 0 Å². The van der Waals surface area contributed by atoms with Crippen LogP contribution in [0.1, 0.15) is 5.56 Å². The second kappa shape index (κ2) is 6.13. The summed E-state index contributed by atoms with van der Waals surface area (Å²) in [4.78, 5) is 8.58. The van der Waals surface area contributed by atoms with Crippen molar-refractivity contribution in [1.29, 1.82) is 0 Å². The van der Waals surface area contributed by atoms with Crippen molar-refractivity contribution >= 4 is 5.96 Å². The maximum absolute atomic E-state index is 5.12. The number of hydrogen-bond acceptors (Lipinski definition) is 2. The molecule has 0 unspecified atom stereocenters. The maximum Gasteiger partial charge on any atom is 0.195 e. The SMILES string of the molecule is COc1ccc(CN=C(N(C)C)N(C)C)cc1. The van der Waals surface area contributed by atoms with Crippen molar-refractivity contribution in [2.45, 2.75) is 6.54 Å². The number of nitrogens with zero attached hydrogens (tertiary/aromatic N) is 3. The second-order valence-electron chi connectivity index (χ2n) is 4.25.